The first-order valence-corrected chi connectivity index (χ1v) is 26.7. The molecule has 1 heterocycles. The van der Waals surface area contributed by atoms with E-state index in [0.717, 1.165) is 85.7 Å². The van der Waals surface area contributed by atoms with E-state index >= 15 is 0 Å². The first-order valence-electron chi connectivity index (χ1n) is 26.7. The summed E-state index contributed by atoms with van der Waals surface area (Å²) in [5.41, 5.74) is 0. The summed E-state index contributed by atoms with van der Waals surface area (Å²) in [6.07, 6.45) is 37.5. The largest absolute Gasteiger partial charge is 0.390 e. The average molecular weight is 816 g/mol. The fourth-order valence-corrected chi connectivity index (χ4v) is 15.9. The van der Waals surface area contributed by atoms with Crippen LogP contribution in [0, 0.1) is 59.2 Å². The van der Waals surface area contributed by atoms with Gasteiger partial charge in [-0.25, -0.2) is 0 Å². The zero-order chi connectivity index (χ0) is 40.5. The van der Waals surface area contributed by atoms with Crippen molar-refractivity contribution in [2.45, 2.75) is 261 Å². The highest BCUT2D eigenvalue weighted by Crippen LogP contribution is 2.53. The van der Waals surface area contributed by atoms with Gasteiger partial charge in [0.2, 0.25) is 5.91 Å². The average Bonchev–Trinajstić information content (AvgIpc) is 3.64. The summed E-state index contributed by atoms with van der Waals surface area (Å²) in [5.74, 6) is 6.37. The SMILES string of the molecule is CC1CCC(N=NC2C(O)C(C(=O)NC3CCC(CCC4CCC(N(C5CCC(C)CC5)C5CCC(C)CC5)CC4)CC3)CC3CCC4C5CCCCC5NC4C32)CC1. The van der Waals surface area contributed by atoms with E-state index < -0.39 is 6.10 Å². The van der Waals surface area contributed by atoms with Gasteiger partial charge in [-0.3, -0.25) is 9.69 Å². The topological polar surface area (TPSA) is 89.3 Å². The predicted octanol–water partition coefficient (Wildman–Crippen LogP) is 11.4. The number of aliphatic hydroxyl groups is 1. The minimum Gasteiger partial charge on any atom is -0.390 e. The maximum Gasteiger partial charge on any atom is 0.226 e. The molecular formula is C52H89N5O2. The Morgan fingerprint density at radius 1 is 0.610 bits per heavy atom. The van der Waals surface area contributed by atoms with Crippen LogP contribution in [0.5, 0.6) is 0 Å². The van der Waals surface area contributed by atoms with Crippen LogP contribution in [-0.2, 0) is 4.79 Å². The fraction of sp³-hybridized carbons (Fsp3) is 0.981. The van der Waals surface area contributed by atoms with Crippen molar-refractivity contribution in [1.82, 2.24) is 15.5 Å². The lowest BCUT2D eigenvalue weighted by Crippen LogP contribution is -2.59. The maximum absolute atomic E-state index is 14.2. The molecule has 8 aliphatic carbocycles. The maximum atomic E-state index is 14.2. The number of hydrogen-bond acceptors (Lipinski definition) is 6. The van der Waals surface area contributed by atoms with E-state index in [0.29, 0.717) is 29.8 Å². The first-order chi connectivity index (χ1) is 28.8. The molecule has 1 amide bonds. The molecule has 9 atom stereocenters. The van der Waals surface area contributed by atoms with Gasteiger partial charge >= 0.3 is 0 Å². The van der Waals surface area contributed by atoms with Crippen LogP contribution in [0.4, 0.5) is 0 Å². The summed E-state index contributed by atoms with van der Waals surface area (Å²) in [4.78, 5) is 17.4. The third-order valence-electron chi connectivity index (χ3n) is 19.7. The number of fused-ring (bicyclic) bond motifs is 5. The molecule has 9 rings (SSSR count). The van der Waals surface area contributed by atoms with Gasteiger partial charge < -0.3 is 15.7 Å². The molecule has 0 aromatic heterocycles. The highest BCUT2D eigenvalue weighted by Gasteiger charge is 2.58. The number of azo groups is 1. The summed E-state index contributed by atoms with van der Waals surface area (Å²) >= 11 is 0. The molecule has 9 fully saturated rings. The Hall–Kier alpha value is -1.05. The normalized spacial score (nSPS) is 48.3. The Labute approximate surface area is 361 Å². The molecule has 59 heavy (non-hydrogen) atoms. The Kier molecular flexibility index (Phi) is 14.5. The Morgan fingerprint density at radius 3 is 1.76 bits per heavy atom. The fourth-order valence-electron chi connectivity index (χ4n) is 15.9. The number of nitrogens with zero attached hydrogens (tertiary/aromatic N) is 3. The van der Waals surface area contributed by atoms with Gasteiger partial charge in [0.05, 0.1) is 18.1 Å². The predicted molar refractivity (Wildman–Crippen MR) is 240 cm³/mol. The molecule has 0 radical (unpaired) electrons. The van der Waals surface area contributed by atoms with E-state index in [-0.39, 0.29) is 30.0 Å². The number of nitrogens with one attached hydrogen (secondary N) is 2. The molecule has 0 aromatic carbocycles. The molecule has 0 aromatic rings. The molecule has 9 unspecified atom stereocenters. The summed E-state index contributed by atoms with van der Waals surface area (Å²) in [6.45, 7) is 7.33. The number of amides is 1. The molecule has 7 heteroatoms. The molecule has 0 spiro atoms. The number of aliphatic hydroxyl groups excluding tert-OH is 1. The van der Waals surface area contributed by atoms with E-state index in [1.807, 2.05) is 0 Å². The van der Waals surface area contributed by atoms with E-state index in [9.17, 15) is 9.90 Å². The van der Waals surface area contributed by atoms with Crippen LogP contribution in [-0.4, -0.2) is 70.4 Å². The molecule has 8 saturated carbocycles. The zero-order valence-corrected chi connectivity index (χ0v) is 38.2. The third-order valence-corrected chi connectivity index (χ3v) is 19.7. The number of hydrogen-bond donors (Lipinski definition) is 3. The van der Waals surface area contributed by atoms with Crippen molar-refractivity contribution in [2.24, 2.45) is 69.4 Å². The van der Waals surface area contributed by atoms with Crippen LogP contribution in [0.1, 0.15) is 207 Å². The zero-order valence-electron chi connectivity index (χ0n) is 38.2. The summed E-state index contributed by atoms with van der Waals surface area (Å²) < 4.78 is 0. The van der Waals surface area contributed by atoms with Crippen molar-refractivity contribution in [3.63, 3.8) is 0 Å². The molecule has 1 saturated heterocycles. The second-order valence-corrected chi connectivity index (χ2v) is 23.5. The van der Waals surface area contributed by atoms with Crippen LogP contribution < -0.4 is 10.6 Å². The van der Waals surface area contributed by atoms with Gasteiger partial charge in [-0.05, 0) is 208 Å². The lowest BCUT2D eigenvalue weighted by Gasteiger charge is -2.50. The summed E-state index contributed by atoms with van der Waals surface area (Å²) in [6, 6.07) is 3.90. The Balaban J connectivity index is 0.754. The van der Waals surface area contributed by atoms with E-state index in [1.54, 1.807) is 0 Å². The number of rotatable bonds is 10. The lowest BCUT2D eigenvalue weighted by molar-refractivity contribution is -0.136. The van der Waals surface area contributed by atoms with Crippen molar-refractivity contribution in [3.8, 4) is 0 Å². The van der Waals surface area contributed by atoms with Gasteiger partial charge in [-0.15, -0.1) is 0 Å². The number of carbonyl (C=O) groups is 1. The minimum atomic E-state index is -0.734. The molecule has 3 N–H and O–H groups in total. The van der Waals surface area contributed by atoms with E-state index in [2.05, 4.69) is 36.3 Å². The molecular weight excluding hydrogens is 727 g/mol. The van der Waals surface area contributed by atoms with Crippen LogP contribution in [0.2, 0.25) is 0 Å². The highest BCUT2D eigenvalue weighted by atomic mass is 16.3. The van der Waals surface area contributed by atoms with Gasteiger partial charge in [0.1, 0.15) is 6.04 Å². The Morgan fingerprint density at radius 2 is 1.15 bits per heavy atom. The second-order valence-electron chi connectivity index (χ2n) is 23.5. The van der Waals surface area contributed by atoms with Crippen molar-refractivity contribution in [2.75, 3.05) is 0 Å². The molecule has 1 aliphatic heterocycles. The van der Waals surface area contributed by atoms with E-state index in [1.165, 1.54) is 154 Å². The lowest BCUT2D eigenvalue weighted by atomic mass is 9.58. The molecule has 334 valence electrons. The van der Waals surface area contributed by atoms with Gasteiger partial charge in [0.25, 0.3) is 0 Å². The Bertz CT molecular complexity index is 1330. The second kappa shape index (κ2) is 19.8. The first kappa shape index (κ1) is 43.2. The van der Waals surface area contributed by atoms with Crippen LogP contribution >= 0.6 is 0 Å². The monoisotopic (exact) mass is 816 g/mol. The minimum absolute atomic E-state index is 0.109. The molecule has 7 nitrogen and oxygen atoms in total. The highest BCUT2D eigenvalue weighted by molar-refractivity contribution is 5.80. The van der Waals surface area contributed by atoms with Gasteiger partial charge in [-0.1, -0.05) is 46.5 Å². The van der Waals surface area contributed by atoms with Crippen LogP contribution in [0.15, 0.2) is 10.2 Å². The third kappa shape index (κ3) is 10.0. The van der Waals surface area contributed by atoms with Gasteiger partial charge in [0.15, 0.2) is 0 Å². The quantitative estimate of drug-likeness (QED) is 0.192. The molecule has 0 bridgehead atoms. The number of carbonyl (C=O) groups excluding carboxylic acids is 1. The van der Waals surface area contributed by atoms with Crippen molar-refractivity contribution >= 4 is 5.91 Å². The van der Waals surface area contributed by atoms with Crippen molar-refractivity contribution in [3.05, 3.63) is 0 Å². The summed E-state index contributed by atoms with van der Waals surface area (Å²) in [7, 11) is 0. The van der Waals surface area contributed by atoms with Crippen LogP contribution in [0.3, 0.4) is 0 Å². The van der Waals surface area contributed by atoms with Gasteiger partial charge in [0, 0.05) is 42.2 Å². The van der Waals surface area contributed by atoms with E-state index in [4.69, 9.17) is 10.2 Å². The van der Waals surface area contributed by atoms with Crippen molar-refractivity contribution < 1.29 is 9.90 Å². The van der Waals surface area contributed by atoms with Crippen molar-refractivity contribution in [1.29, 1.82) is 0 Å². The standard InChI is InChI=1S/C52H89N5O2/c1-33-8-21-40(22-9-33)55-56-50-48-38(20-31-45-44-6-4-5-7-47(44)54-49(45)48)32-46(51(50)58)52(59)53-39-23-16-36(17-24-39)14-15-37-18-29-43(30-19-37)57(41-25-10-34(2)11-26-41)42-27-12-35(3)13-28-42/h33-51,54,58H,4-32H2,1-3H3,(H,53,59). The van der Waals surface area contributed by atoms with Crippen LogP contribution in [0.25, 0.3) is 0 Å². The van der Waals surface area contributed by atoms with Gasteiger partial charge in [-0.2, -0.15) is 10.2 Å². The smallest absolute Gasteiger partial charge is 0.226 e. The summed E-state index contributed by atoms with van der Waals surface area (Å²) in [5, 5.41) is 30.0. The molecule has 9 aliphatic rings.